The lowest BCUT2D eigenvalue weighted by Gasteiger charge is -2.37. The SMILES string of the molecule is CC1(C)NC2CNCC2CC1=O. The summed E-state index contributed by atoms with van der Waals surface area (Å²) in [6.07, 6.45) is 0.748. The Hall–Kier alpha value is -0.410. The van der Waals surface area contributed by atoms with Crippen LogP contribution in [-0.2, 0) is 4.79 Å². The highest BCUT2D eigenvalue weighted by Gasteiger charge is 2.42. The number of piperidine rings is 1. The molecule has 2 aliphatic heterocycles. The first kappa shape index (κ1) is 8.20. The number of fused-ring (bicyclic) bond motifs is 1. The number of carbonyl (C=O) groups is 1. The van der Waals surface area contributed by atoms with Gasteiger partial charge in [-0.15, -0.1) is 0 Å². The van der Waals surface area contributed by atoms with Crippen LogP contribution in [0.5, 0.6) is 0 Å². The van der Waals surface area contributed by atoms with E-state index in [4.69, 9.17) is 0 Å². The molecule has 12 heavy (non-hydrogen) atoms. The van der Waals surface area contributed by atoms with Gasteiger partial charge in [-0.25, -0.2) is 0 Å². The summed E-state index contributed by atoms with van der Waals surface area (Å²) >= 11 is 0. The number of hydrogen-bond acceptors (Lipinski definition) is 3. The van der Waals surface area contributed by atoms with Crippen LogP contribution in [0.25, 0.3) is 0 Å². The van der Waals surface area contributed by atoms with E-state index in [9.17, 15) is 4.79 Å². The van der Waals surface area contributed by atoms with Crippen LogP contribution in [0.2, 0.25) is 0 Å². The third-order valence-electron chi connectivity index (χ3n) is 3.03. The van der Waals surface area contributed by atoms with Crippen LogP contribution in [0, 0.1) is 5.92 Å². The molecule has 0 aliphatic carbocycles. The Morgan fingerprint density at radius 3 is 2.92 bits per heavy atom. The second-order valence-electron chi connectivity index (χ2n) is 4.42. The first-order valence-electron chi connectivity index (χ1n) is 4.61. The van der Waals surface area contributed by atoms with Crippen LogP contribution in [0.15, 0.2) is 0 Å². The molecule has 0 amide bonds. The molecule has 2 atom stereocenters. The number of Topliss-reactive ketones (excluding diaryl/α,β-unsaturated/α-hetero) is 1. The fourth-order valence-electron chi connectivity index (χ4n) is 2.15. The Labute approximate surface area is 72.9 Å². The van der Waals surface area contributed by atoms with Crippen molar-refractivity contribution in [3.8, 4) is 0 Å². The van der Waals surface area contributed by atoms with Gasteiger partial charge in [-0.05, 0) is 26.3 Å². The molecule has 2 rings (SSSR count). The van der Waals surface area contributed by atoms with Gasteiger partial charge in [-0.1, -0.05) is 0 Å². The average molecular weight is 168 g/mol. The van der Waals surface area contributed by atoms with E-state index < -0.39 is 0 Å². The standard InChI is InChI=1S/C9H16N2O/c1-9(2)8(12)3-6-4-10-5-7(6)11-9/h6-7,10-11H,3-5H2,1-2H3. The minimum absolute atomic E-state index is 0.298. The normalized spacial score (nSPS) is 39.7. The molecular weight excluding hydrogens is 152 g/mol. The summed E-state index contributed by atoms with van der Waals surface area (Å²) < 4.78 is 0. The lowest BCUT2D eigenvalue weighted by atomic mass is 9.82. The van der Waals surface area contributed by atoms with E-state index in [2.05, 4.69) is 10.6 Å². The van der Waals surface area contributed by atoms with Crippen LogP contribution in [0.3, 0.4) is 0 Å². The summed E-state index contributed by atoms with van der Waals surface area (Å²) in [4.78, 5) is 11.6. The molecule has 0 aromatic carbocycles. The van der Waals surface area contributed by atoms with Gasteiger partial charge in [-0.2, -0.15) is 0 Å². The maximum Gasteiger partial charge on any atom is 0.152 e. The molecule has 0 radical (unpaired) electrons. The van der Waals surface area contributed by atoms with E-state index >= 15 is 0 Å². The summed E-state index contributed by atoms with van der Waals surface area (Å²) in [6.45, 7) is 5.97. The largest absolute Gasteiger partial charge is 0.315 e. The number of rotatable bonds is 0. The van der Waals surface area contributed by atoms with Crippen LogP contribution in [-0.4, -0.2) is 30.5 Å². The van der Waals surface area contributed by atoms with E-state index in [-0.39, 0.29) is 5.54 Å². The van der Waals surface area contributed by atoms with E-state index in [1.807, 2.05) is 13.8 Å². The van der Waals surface area contributed by atoms with Crippen molar-refractivity contribution in [2.75, 3.05) is 13.1 Å². The lowest BCUT2D eigenvalue weighted by molar-refractivity contribution is -0.127. The molecule has 0 aromatic heterocycles. The van der Waals surface area contributed by atoms with Crippen molar-refractivity contribution >= 4 is 5.78 Å². The van der Waals surface area contributed by atoms with Crippen molar-refractivity contribution in [2.45, 2.75) is 31.8 Å². The molecule has 2 saturated heterocycles. The summed E-state index contributed by atoms with van der Waals surface area (Å²) in [7, 11) is 0. The topological polar surface area (TPSA) is 41.1 Å². The van der Waals surface area contributed by atoms with Crippen LogP contribution >= 0.6 is 0 Å². The number of hydrogen-bond donors (Lipinski definition) is 2. The number of nitrogens with one attached hydrogen (secondary N) is 2. The minimum Gasteiger partial charge on any atom is -0.315 e. The fraction of sp³-hybridized carbons (Fsp3) is 0.889. The molecule has 2 heterocycles. The molecule has 0 bridgehead atoms. The van der Waals surface area contributed by atoms with Crippen molar-refractivity contribution in [3.63, 3.8) is 0 Å². The van der Waals surface area contributed by atoms with E-state index in [0.29, 0.717) is 17.7 Å². The van der Waals surface area contributed by atoms with Crippen molar-refractivity contribution in [1.82, 2.24) is 10.6 Å². The molecule has 68 valence electrons. The lowest BCUT2D eigenvalue weighted by Crippen LogP contribution is -2.58. The van der Waals surface area contributed by atoms with Gasteiger partial charge in [0.15, 0.2) is 5.78 Å². The molecule has 2 fully saturated rings. The van der Waals surface area contributed by atoms with E-state index in [1.54, 1.807) is 0 Å². The molecule has 0 saturated carbocycles. The van der Waals surface area contributed by atoms with Gasteiger partial charge in [-0.3, -0.25) is 4.79 Å². The Kier molecular flexibility index (Phi) is 1.73. The second kappa shape index (κ2) is 2.54. The first-order valence-corrected chi connectivity index (χ1v) is 4.61. The molecule has 3 nitrogen and oxygen atoms in total. The predicted molar refractivity (Wildman–Crippen MR) is 47.0 cm³/mol. The second-order valence-corrected chi connectivity index (χ2v) is 4.42. The number of ketones is 1. The van der Waals surface area contributed by atoms with Gasteiger partial charge < -0.3 is 10.6 Å². The zero-order valence-corrected chi connectivity index (χ0v) is 7.68. The van der Waals surface area contributed by atoms with Crippen molar-refractivity contribution in [1.29, 1.82) is 0 Å². The minimum atomic E-state index is -0.298. The van der Waals surface area contributed by atoms with Crippen LogP contribution in [0.4, 0.5) is 0 Å². The van der Waals surface area contributed by atoms with Crippen LogP contribution < -0.4 is 10.6 Å². The highest BCUT2D eigenvalue weighted by molar-refractivity contribution is 5.88. The monoisotopic (exact) mass is 168 g/mol. The predicted octanol–water partition coefficient (Wildman–Crippen LogP) is -0.0846. The molecular formula is C9H16N2O. The smallest absolute Gasteiger partial charge is 0.152 e. The molecule has 3 heteroatoms. The van der Waals surface area contributed by atoms with Gasteiger partial charge in [0.05, 0.1) is 5.54 Å². The summed E-state index contributed by atoms with van der Waals surface area (Å²) in [5.74, 6) is 0.887. The maximum atomic E-state index is 11.6. The Morgan fingerprint density at radius 1 is 1.42 bits per heavy atom. The first-order chi connectivity index (χ1) is 5.59. The zero-order chi connectivity index (χ0) is 8.77. The maximum absolute atomic E-state index is 11.6. The quantitative estimate of drug-likeness (QED) is 0.531. The average Bonchev–Trinajstić information content (AvgIpc) is 2.35. The summed E-state index contributed by atoms with van der Waals surface area (Å²) in [6, 6.07) is 0.512. The zero-order valence-electron chi connectivity index (χ0n) is 7.68. The Bertz CT molecular complexity index is 213. The molecule has 2 unspecified atom stereocenters. The van der Waals surface area contributed by atoms with Gasteiger partial charge in [0.1, 0.15) is 0 Å². The number of carbonyl (C=O) groups excluding carboxylic acids is 1. The summed E-state index contributed by atoms with van der Waals surface area (Å²) in [5.41, 5.74) is -0.298. The third-order valence-corrected chi connectivity index (χ3v) is 3.03. The van der Waals surface area contributed by atoms with E-state index in [0.717, 1.165) is 19.5 Å². The van der Waals surface area contributed by atoms with E-state index in [1.165, 1.54) is 0 Å². The molecule has 2 aliphatic rings. The molecule has 0 spiro atoms. The van der Waals surface area contributed by atoms with Crippen molar-refractivity contribution < 1.29 is 4.79 Å². The third kappa shape index (κ3) is 1.17. The van der Waals surface area contributed by atoms with Crippen LogP contribution in [0.1, 0.15) is 20.3 Å². The molecule has 2 N–H and O–H groups in total. The van der Waals surface area contributed by atoms with Crippen molar-refractivity contribution in [2.24, 2.45) is 5.92 Å². The highest BCUT2D eigenvalue weighted by atomic mass is 16.1. The van der Waals surface area contributed by atoms with Gasteiger partial charge in [0.2, 0.25) is 0 Å². The van der Waals surface area contributed by atoms with Crippen molar-refractivity contribution in [3.05, 3.63) is 0 Å². The Morgan fingerprint density at radius 2 is 2.17 bits per heavy atom. The van der Waals surface area contributed by atoms with Gasteiger partial charge in [0, 0.05) is 19.0 Å². The van der Waals surface area contributed by atoms with Gasteiger partial charge >= 0.3 is 0 Å². The fourth-order valence-corrected chi connectivity index (χ4v) is 2.15. The Balaban J connectivity index is 2.14. The molecule has 0 aromatic rings. The summed E-state index contributed by atoms with van der Waals surface area (Å²) in [5, 5.41) is 6.70. The highest BCUT2D eigenvalue weighted by Crippen LogP contribution is 2.25. The van der Waals surface area contributed by atoms with Gasteiger partial charge in [0.25, 0.3) is 0 Å².